The molecule has 1 N–H and O–H groups in total. The summed E-state index contributed by atoms with van der Waals surface area (Å²) in [5.41, 5.74) is 1.82. The van der Waals surface area contributed by atoms with Crippen LogP contribution in [0.25, 0.3) is 6.08 Å². The molecular weight excluding hydrogens is 392 g/mol. The van der Waals surface area contributed by atoms with Crippen LogP contribution in [0.4, 0.5) is 17.3 Å². The molecule has 1 aliphatic rings. The Bertz CT molecular complexity index is 1010. The molecule has 1 fully saturated rings. The first kappa shape index (κ1) is 20.3. The Hall–Kier alpha value is -3.94. The van der Waals surface area contributed by atoms with E-state index in [1.54, 1.807) is 25.6 Å². The number of piperazine rings is 1. The van der Waals surface area contributed by atoms with E-state index in [0.29, 0.717) is 32.0 Å². The van der Waals surface area contributed by atoms with E-state index < -0.39 is 0 Å². The Morgan fingerprint density at radius 3 is 2.48 bits per heavy atom. The van der Waals surface area contributed by atoms with Crippen molar-refractivity contribution in [1.82, 2.24) is 20.1 Å². The van der Waals surface area contributed by atoms with Crippen molar-refractivity contribution >= 4 is 29.3 Å². The quantitative estimate of drug-likeness (QED) is 0.619. The summed E-state index contributed by atoms with van der Waals surface area (Å²) in [6.45, 7) is 2.71. The first-order chi connectivity index (χ1) is 15.2. The SMILES string of the molecule is COc1ccc(/C=C/C(=O)N2CCN(c3ccc(Nc4cccnc4)nn3)CC2)cc1. The zero-order valence-corrected chi connectivity index (χ0v) is 17.3. The summed E-state index contributed by atoms with van der Waals surface area (Å²) in [5, 5.41) is 11.7. The van der Waals surface area contributed by atoms with Crippen LogP contribution in [0.1, 0.15) is 5.56 Å². The summed E-state index contributed by atoms with van der Waals surface area (Å²) in [4.78, 5) is 20.6. The molecule has 8 nitrogen and oxygen atoms in total. The third-order valence-electron chi connectivity index (χ3n) is 5.03. The molecule has 3 heterocycles. The molecule has 0 saturated carbocycles. The molecule has 1 aromatic carbocycles. The molecule has 8 heteroatoms. The standard InChI is InChI=1S/C23H24N6O2/c1-31-20-7-4-18(5-8-20)6-11-23(30)29-15-13-28(14-16-29)22-10-9-21(26-27-22)25-19-3-2-12-24-17-19/h2-12,17H,13-16H2,1H3,(H,25,26)/b11-6+. The van der Waals surface area contributed by atoms with Crippen molar-refractivity contribution in [3.8, 4) is 5.75 Å². The average Bonchev–Trinajstić information content (AvgIpc) is 2.84. The molecule has 0 aliphatic carbocycles. The second-order valence-corrected chi connectivity index (χ2v) is 7.06. The van der Waals surface area contributed by atoms with Gasteiger partial charge in [0.05, 0.1) is 19.0 Å². The summed E-state index contributed by atoms with van der Waals surface area (Å²) in [6.07, 6.45) is 6.90. The Kier molecular flexibility index (Phi) is 6.37. The highest BCUT2D eigenvalue weighted by Crippen LogP contribution is 2.17. The van der Waals surface area contributed by atoms with Gasteiger partial charge < -0.3 is 19.9 Å². The highest BCUT2D eigenvalue weighted by atomic mass is 16.5. The van der Waals surface area contributed by atoms with E-state index in [1.807, 2.05) is 59.5 Å². The number of nitrogens with one attached hydrogen (secondary N) is 1. The number of anilines is 3. The van der Waals surface area contributed by atoms with Crippen LogP contribution >= 0.6 is 0 Å². The third-order valence-corrected chi connectivity index (χ3v) is 5.03. The van der Waals surface area contributed by atoms with Gasteiger partial charge in [0, 0.05) is 38.5 Å². The van der Waals surface area contributed by atoms with E-state index in [1.165, 1.54) is 0 Å². The highest BCUT2D eigenvalue weighted by Gasteiger charge is 2.20. The van der Waals surface area contributed by atoms with Crippen LogP contribution in [0.5, 0.6) is 5.75 Å². The van der Waals surface area contributed by atoms with Crippen molar-refractivity contribution < 1.29 is 9.53 Å². The van der Waals surface area contributed by atoms with Gasteiger partial charge in [-0.05, 0) is 48.0 Å². The maximum absolute atomic E-state index is 12.5. The lowest BCUT2D eigenvalue weighted by atomic mass is 10.2. The van der Waals surface area contributed by atoms with Crippen LogP contribution < -0.4 is 15.0 Å². The van der Waals surface area contributed by atoms with Gasteiger partial charge in [-0.1, -0.05) is 12.1 Å². The number of ether oxygens (including phenoxy) is 1. The van der Waals surface area contributed by atoms with Crippen molar-refractivity contribution in [1.29, 1.82) is 0 Å². The van der Waals surface area contributed by atoms with E-state index in [2.05, 4.69) is 25.4 Å². The Balaban J connectivity index is 1.28. The number of nitrogens with zero attached hydrogens (tertiary/aromatic N) is 5. The fourth-order valence-corrected chi connectivity index (χ4v) is 3.29. The van der Waals surface area contributed by atoms with E-state index in [-0.39, 0.29) is 5.91 Å². The lowest BCUT2D eigenvalue weighted by Gasteiger charge is -2.34. The Labute approximate surface area is 181 Å². The van der Waals surface area contributed by atoms with Crippen molar-refractivity contribution in [2.45, 2.75) is 0 Å². The van der Waals surface area contributed by atoms with Crippen molar-refractivity contribution in [2.24, 2.45) is 0 Å². The molecule has 0 spiro atoms. The van der Waals surface area contributed by atoms with Crippen LogP contribution in [0.2, 0.25) is 0 Å². The molecule has 4 rings (SSSR count). The minimum absolute atomic E-state index is 0.0116. The molecule has 2 aromatic heterocycles. The maximum Gasteiger partial charge on any atom is 0.246 e. The first-order valence-electron chi connectivity index (χ1n) is 10.1. The van der Waals surface area contributed by atoms with Gasteiger partial charge in [0.25, 0.3) is 0 Å². The topological polar surface area (TPSA) is 83.5 Å². The van der Waals surface area contributed by atoms with Crippen molar-refractivity contribution in [3.63, 3.8) is 0 Å². The van der Waals surface area contributed by atoms with E-state index >= 15 is 0 Å². The summed E-state index contributed by atoms with van der Waals surface area (Å²) in [7, 11) is 1.63. The number of pyridine rings is 1. The summed E-state index contributed by atoms with van der Waals surface area (Å²) in [5.74, 6) is 2.27. The molecule has 0 radical (unpaired) electrons. The third kappa shape index (κ3) is 5.36. The lowest BCUT2D eigenvalue weighted by molar-refractivity contribution is -0.126. The van der Waals surface area contributed by atoms with Crippen molar-refractivity contribution in [3.05, 3.63) is 72.6 Å². The molecule has 31 heavy (non-hydrogen) atoms. The Morgan fingerprint density at radius 2 is 1.84 bits per heavy atom. The van der Waals surface area contributed by atoms with Gasteiger partial charge in [-0.3, -0.25) is 9.78 Å². The molecule has 0 bridgehead atoms. The van der Waals surface area contributed by atoms with Gasteiger partial charge >= 0.3 is 0 Å². The van der Waals surface area contributed by atoms with Crippen LogP contribution in [-0.2, 0) is 4.79 Å². The monoisotopic (exact) mass is 416 g/mol. The number of amides is 1. The lowest BCUT2D eigenvalue weighted by Crippen LogP contribution is -2.48. The smallest absolute Gasteiger partial charge is 0.246 e. The average molecular weight is 416 g/mol. The van der Waals surface area contributed by atoms with Crippen LogP contribution in [0, 0.1) is 0 Å². The predicted octanol–water partition coefficient (Wildman–Crippen LogP) is 2.99. The van der Waals surface area contributed by atoms with Gasteiger partial charge in [0.1, 0.15) is 5.75 Å². The first-order valence-corrected chi connectivity index (χ1v) is 10.1. The summed E-state index contributed by atoms with van der Waals surface area (Å²) in [6, 6.07) is 15.2. The predicted molar refractivity (Wildman–Crippen MR) is 120 cm³/mol. The van der Waals surface area contributed by atoms with Gasteiger partial charge in [0.15, 0.2) is 11.6 Å². The van der Waals surface area contributed by atoms with Crippen LogP contribution in [0.15, 0.2) is 67.0 Å². The van der Waals surface area contributed by atoms with E-state index in [4.69, 9.17) is 4.74 Å². The fraction of sp³-hybridized carbons (Fsp3) is 0.217. The summed E-state index contributed by atoms with van der Waals surface area (Å²) >= 11 is 0. The van der Waals surface area contributed by atoms with E-state index in [0.717, 1.165) is 22.8 Å². The fourth-order valence-electron chi connectivity index (χ4n) is 3.29. The van der Waals surface area contributed by atoms with Crippen molar-refractivity contribution in [2.75, 3.05) is 43.5 Å². The second kappa shape index (κ2) is 9.71. The number of rotatable bonds is 6. The molecule has 0 atom stereocenters. The summed E-state index contributed by atoms with van der Waals surface area (Å²) < 4.78 is 5.15. The number of hydrogen-bond donors (Lipinski definition) is 1. The normalized spacial score (nSPS) is 14.0. The van der Waals surface area contributed by atoms with Crippen LogP contribution in [0.3, 0.4) is 0 Å². The number of methoxy groups -OCH3 is 1. The molecule has 0 unspecified atom stereocenters. The molecule has 3 aromatic rings. The maximum atomic E-state index is 12.5. The number of carbonyl (C=O) groups is 1. The minimum Gasteiger partial charge on any atom is -0.497 e. The number of hydrogen-bond acceptors (Lipinski definition) is 7. The number of carbonyl (C=O) groups excluding carboxylic acids is 1. The van der Waals surface area contributed by atoms with Gasteiger partial charge in [-0.15, -0.1) is 10.2 Å². The molecule has 158 valence electrons. The highest BCUT2D eigenvalue weighted by molar-refractivity contribution is 5.92. The van der Waals surface area contributed by atoms with Crippen LogP contribution in [-0.4, -0.2) is 59.3 Å². The zero-order valence-electron chi connectivity index (χ0n) is 17.3. The van der Waals surface area contributed by atoms with Gasteiger partial charge in [-0.2, -0.15) is 0 Å². The Morgan fingerprint density at radius 1 is 1.03 bits per heavy atom. The van der Waals surface area contributed by atoms with Gasteiger partial charge in [0.2, 0.25) is 5.91 Å². The molecule has 1 aliphatic heterocycles. The molecular formula is C23H24N6O2. The molecule has 1 saturated heterocycles. The second-order valence-electron chi connectivity index (χ2n) is 7.06. The number of benzene rings is 1. The van der Waals surface area contributed by atoms with E-state index in [9.17, 15) is 4.79 Å². The molecule has 1 amide bonds. The minimum atomic E-state index is 0.0116. The van der Waals surface area contributed by atoms with Gasteiger partial charge in [-0.25, -0.2) is 0 Å². The largest absolute Gasteiger partial charge is 0.497 e. The number of aromatic nitrogens is 3. The zero-order chi connectivity index (χ0) is 21.5.